The molecule has 2 aromatic carbocycles. The molecule has 1 amide bonds. The maximum Gasteiger partial charge on any atom is 0.229 e. The van der Waals surface area contributed by atoms with Crippen LogP contribution < -0.4 is 14.4 Å². The Labute approximate surface area is 196 Å². The Morgan fingerprint density at radius 3 is 2.39 bits per heavy atom. The number of aromatic nitrogens is 1. The zero-order valence-corrected chi connectivity index (χ0v) is 20.4. The highest BCUT2D eigenvalue weighted by atomic mass is 35.5. The lowest BCUT2D eigenvalue weighted by Crippen LogP contribution is -2.36. The molecule has 1 aromatic heterocycles. The first kappa shape index (κ1) is 23.7. The van der Waals surface area contributed by atoms with Crippen LogP contribution in [0.15, 0.2) is 41.3 Å². The van der Waals surface area contributed by atoms with Crippen molar-refractivity contribution in [2.75, 3.05) is 52.1 Å². The van der Waals surface area contributed by atoms with Gasteiger partial charge in [-0.25, -0.2) is 4.98 Å². The van der Waals surface area contributed by atoms with Crippen molar-refractivity contribution in [3.05, 3.63) is 41.4 Å². The van der Waals surface area contributed by atoms with Gasteiger partial charge in [0.15, 0.2) is 5.13 Å². The molecule has 0 aliphatic carbocycles. The summed E-state index contributed by atoms with van der Waals surface area (Å²) in [7, 11) is 7.22. The monoisotopic (exact) mass is 479 g/mol. The summed E-state index contributed by atoms with van der Waals surface area (Å²) in [5, 5.41) is 1.36. The van der Waals surface area contributed by atoms with Gasteiger partial charge in [-0.05, 0) is 50.5 Å². The molecule has 9 heteroatoms. The highest BCUT2D eigenvalue weighted by molar-refractivity contribution is 7.99. The average molecular weight is 480 g/mol. The second-order valence-electron chi connectivity index (χ2n) is 7.05. The number of hydrogen-bond donors (Lipinski definition) is 0. The summed E-state index contributed by atoms with van der Waals surface area (Å²) in [5.41, 5.74) is 0.708. The highest BCUT2D eigenvalue weighted by Crippen LogP contribution is 2.40. The largest absolute Gasteiger partial charge is 0.495 e. The number of hydrogen-bond acceptors (Lipinski definition) is 7. The third kappa shape index (κ3) is 6.04. The number of rotatable bonds is 10. The van der Waals surface area contributed by atoms with E-state index in [1.807, 2.05) is 50.5 Å². The summed E-state index contributed by atoms with van der Waals surface area (Å²) < 4.78 is 11.8. The van der Waals surface area contributed by atoms with E-state index in [0.717, 1.165) is 21.9 Å². The van der Waals surface area contributed by atoms with E-state index in [-0.39, 0.29) is 5.91 Å². The quantitative estimate of drug-likeness (QED) is 0.379. The summed E-state index contributed by atoms with van der Waals surface area (Å²) in [4.78, 5) is 22.8. The molecular formula is C22H26ClN3O3S2. The number of anilines is 1. The highest BCUT2D eigenvalue weighted by Gasteiger charge is 2.22. The van der Waals surface area contributed by atoms with Gasteiger partial charge in [0.25, 0.3) is 0 Å². The van der Waals surface area contributed by atoms with Gasteiger partial charge in [0, 0.05) is 35.2 Å². The molecule has 6 nitrogen and oxygen atoms in total. The number of amides is 1. The Morgan fingerprint density at radius 1 is 1.06 bits per heavy atom. The van der Waals surface area contributed by atoms with Crippen molar-refractivity contribution in [3.8, 4) is 11.5 Å². The number of carbonyl (C=O) groups is 1. The van der Waals surface area contributed by atoms with Crippen LogP contribution in [0.4, 0.5) is 5.13 Å². The number of nitrogens with zero attached hydrogens (tertiary/aromatic N) is 3. The fourth-order valence-corrected chi connectivity index (χ4v) is 5.02. The number of likely N-dealkylation sites (N-methyl/N-ethyl adjacent to an activating group) is 1. The van der Waals surface area contributed by atoms with Crippen LogP contribution in [0.3, 0.4) is 0 Å². The Morgan fingerprint density at radius 2 is 1.74 bits per heavy atom. The van der Waals surface area contributed by atoms with Gasteiger partial charge >= 0.3 is 0 Å². The Hall–Kier alpha value is -2.00. The minimum Gasteiger partial charge on any atom is -0.495 e. The van der Waals surface area contributed by atoms with E-state index in [4.69, 9.17) is 26.1 Å². The molecule has 0 unspecified atom stereocenters. The molecular weight excluding hydrogens is 454 g/mol. The van der Waals surface area contributed by atoms with Crippen molar-refractivity contribution in [2.24, 2.45) is 0 Å². The van der Waals surface area contributed by atoms with Crippen LogP contribution in [-0.2, 0) is 4.79 Å². The van der Waals surface area contributed by atoms with Gasteiger partial charge in [0.1, 0.15) is 21.7 Å². The van der Waals surface area contributed by atoms with Gasteiger partial charge in [-0.15, -0.1) is 11.8 Å². The molecule has 3 rings (SSSR count). The smallest absolute Gasteiger partial charge is 0.229 e. The predicted molar refractivity (Wildman–Crippen MR) is 130 cm³/mol. The van der Waals surface area contributed by atoms with Crippen molar-refractivity contribution in [1.29, 1.82) is 0 Å². The van der Waals surface area contributed by atoms with Crippen LogP contribution in [0.25, 0.3) is 10.2 Å². The topological polar surface area (TPSA) is 54.9 Å². The second-order valence-corrected chi connectivity index (χ2v) is 9.63. The van der Waals surface area contributed by atoms with Crippen LogP contribution in [0, 0.1) is 0 Å². The molecule has 0 N–H and O–H groups in total. The number of benzene rings is 2. The average Bonchev–Trinajstić information content (AvgIpc) is 3.19. The van der Waals surface area contributed by atoms with E-state index >= 15 is 0 Å². The van der Waals surface area contributed by atoms with Gasteiger partial charge in [-0.2, -0.15) is 0 Å². The van der Waals surface area contributed by atoms with Crippen molar-refractivity contribution in [2.45, 2.75) is 11.3 Å². The molecule has 0 spiro atoms. The fraction of sp³-hybridized carbons (Fsp3) is 0.364. The minimum absolute atomic E-state index is 0.0419. The van der Waals surface area contributed by atoms with Crippen LogP contribution in [-0.4, -0.2) is 62.9 Å². The molecule has 1 heterocycles. The van der Waals surface area contributed by atoms with E-state index < -0.39 is 0 Å². The summed E-state index contributed by atoms with van der Waals surface area (Å²) in [6.45, 7) is 1.29. The summed E-state index contributed by atoms with van der Waals surface area (Å²) in [6, 6.07) is 11.3. The van der Waals surface area contributed by atoms with Crippen LogP contribution in [0.2, 0.25) is 5.02 Å². The first-order valence-electron chi connectivity index (χ1n) is 9.78. The molecule has 0 fully saturated rings. The van der Waals surface area contributed by atoms with Crippen LogP contribution >= 0.6 is 34.7 Å². The zero-order chi connectivity index (χ0) is 22.4. The second kappa shape index (κ2) is 11.0. The summed E-state index contributed by atoms with van der Waals surface area (Å²) in [5.74, 6) is 2.10. The number of methoxy groups -OCH3 is 2. The van der Waals surface area contributed by atoms with E-state index in [1.54, 1.807) is 30.9 Å². The number of fused-ring (bicyclic) bond motifs is 1. The molecule has 166 valence electrons. The predicted octanol–water partition coefficient (Wildman–Crippen LogP) is 5.04. The maximum atomic E-state index is 13.2. The minimum atomic E-state index is 0.0419. The van der Waals surface area contributed by atoms with E-state index in [9.17, 15) is 4.79 Å². The van der Waals surface area contributed by atoms with Crippen molar-refractivity contribution < 1.29 is 14.3 Å². The van der Waals surface area contributed by atoms with Crippen molar-refractivity contribution in [1.82, 2.24) is 9.88 Å². The zero-order valence-electron chi connectivity index (χ0n) is 18.1. The third-order valence-electron chi connectivity index (χ3n) is 4.60. The van der Waals surface area contributed by atoms with E-state index in [0.29, 0.717) is 40.1 Å². The normalized spacial score (nSPS) is 11.2. The standard InChI is InChI=1S/C22H26ClN3O3S2/c1-25(2)12-13-26(19(27)11-14-30-16-7-5-15(23)6-8-16)22-24-20-17(28-3)9-10-18(29-4)21(20)31-22/h5-10H,11-14H2,1-4H3. The molecule has 0 saturated carbocycles. The Kier molecular flexibility index (Phi) is 8.43. The number of carbonyl (C=O) groups excluding carboxylic acids is 1. The van der Waals surface area contributed by atoms with Crippen LogP contribution in [0.5, 0.6) is 11.5 Å². The van der Waals surface area contributed by atoms with E-state index in [2.05, 4.69) is 4.90 Å². The number of ether oxygens (including phenoxy) is 2. The Bertz CT molecular complexity index is 984. The van der Waals surface area contributed by atoms with E-state index in [1.165, 1.54) is 11.3 Å². The van der Waals surface area contributed by atoms with Gasteiger partial charge in [0.2, 0.25) is 5.91 Å². The van der Waals surface area contributed by atoms with Gasteiger partial charge in [-0.1, -0.05) is 22.9 Å². The first-order valence-corrected chi connectivity index (χ1v) is 12.0. The third-order valence-corrected chi connectivity index (χ3v) is 6.96. The lowest BCUT2D eigenvalue weighted by Gasteiger charge is -2.22. The molecule has 31 heavy (non-hydrogen) atoms. The fourth-order valence-electron chi connectivity index (χ4n) is 2.94. The molecule has 0 saturated heterocycles. The summed E-state index contributed by atoms with van der Waals surface area (Å²) in [6.07, 6.45) is 0.408. The molecule has 0 radical (unpaired) electrons. The SMILES string of the molecule is COc1ccc(OC)c2sc(N(CCN(C)C)C(=O)CCSc3ccc(Cl)cc3)nc12. The lowest BCUT2D eigenvalue weighted by atomic mass is 10.3. The lowest BCUT2D eigenvalue weighted by molar-refractivity contribution is -0.118. The molecule has 0 aliphatic heterocycles. The molecule has 0 atom stereocenters. The molecule has 0 aliphatic rings. The number of thiazole rings is 1. The molecule has 3 aromatic rings. The number of thioether (sulfide) groups is 1. The summed E-state index contributed by atoms with van der Waals surface area (Å²) >= 11 is 9.03. The Balaban J connectivity index is 1.80. The van der Waals surface area contributed by atoms with Crippen LogP contribution in [0.1, 0.15) is 6.42 Å². The maximum absolute atomic E-state index is 13.2. The van der Waals surface area contributed by atoms with Gasteiger partial charge in [0.05, 0.1) is 14.2 Å². The number of halogens is 1. The molecule has 0 bridgehead atoms. The van der Waals surface area contributed by atoms with Gasteiger partial charge < -0.3 is 14.4 Å². The first-order chi connectivity index (χ1) is 14.9. The van der Waals surface area contributed by atoms with Crippen molar-refractivity contribution in [3.63, 3.8) is 0 Å². The van der Waals surface area contributed by atoms with Crippen molar-refractivity contribution >= 4 is 56.0 Å². The van der Waals surface area contributed by atoms with Gasteiger partial charge in [-0.3, -0.25) is 9.69 Å².